The van der Waals surface area contributed by atoms with Crippen molar-refractivity contribution in [3.05, 3.63) is 41.6 Å². The molecule has 1 aliphatic heterocycles. The second-order valence-electron chi connectivity index (χ2n) is 9.50. The maximum atomic E-state index is 12.9. The van der Waals surface area contributed by atoms with Gasteiger partial charge in [0, 0.05) is 30.6 Å². The highest BCUT2D eigenvalue weighted by molar-refractivity contribution is 5.75. The van der Waals surface area contributed by atoms with Gasteiger partial charge in [-0.25, -0.2) is 9.59 Å². The predicted octanol–water partition coefficient (Wildman–Crippen LogP) is 4.67. The number of nitrogens with zero attached hydrogens (tertiary/aromatic N) is 3. The molecule has 0 saturated heterocycles. The molecule has 0 unspecified atom stereocenters. The summed E-state index contributed by atoms with van der Waals surface area (Å²) in [5, 5.41) is 4.62. The van der Waals surface area contributed by atoms with Crippen LogP contribution in [-0.4, -0.2) is 51.2 Å². The number of amides is 1. The largest absolute Gasteiger partial charge is 0.444 e. The molecule has 0 spiro atoms. The summed E-state index contributed by atoms with van der Waals surface area (Å²) in [5.74, 6) is 0. The second-order valence-corrected chi connectivity index (χ2v) is 9.50. The third kappa shape index (κ3) is 5.20. The molecule has 2 heterocycles. The first-order chi connectivity index (χ1) is 13.9. The van der Waals surface area contributed by atoms with Gasteiger partial charge < -0.3 is 14.4 Å². The Morgan fingerprint density at radius 1 is 0.867 bits per heavy atom. The fourth-order valence-electron chi connectivity index (χ4n) is 3.40. The van der Waals surface area contributed by atoms with E-state index >= 15 is 0 Å². The molecule has 1 amide bonds. The molecular weight excluding hydrogens is 382 g/mol. The number of benzene rings is 1. The van der Waals surface area contributed by atoms with E-state index in [1.807, 2.05) is 71.9 Å². The van der Waals surface area contributed by atoms with E-state index in [1.54, 1.807) is 4.90 Å². The van der Waals surface area contributed by atoms with Gasteiger partial charge in [-0.1, -0.05) is 30.3 Å². The normalized spacial score (nSPS) is 14.7. The monoisotopic (exact) mass is 413 g/mol. The summed E-state index contributed by atoms with van der Waals surface area (Å²) in [6, 6.07) is 9.77. The molecule has 7 heteroatoms. The zero-order valence-electron chi connectivity index (χ0n) is 18.7. The minimum absolute atomic E-state index is 0.342. The molecule has 0 N–H and O–H groups in total. The molecule has 162 valence electrons. The van der Waals surface area contributed by atoms with Gasteiger partial charge in [-0.05, 0) is 48.0 Å². The molecule has 0 radical (unpaired) electrons. The summed E-state index contributed by atoms with van der Waals surface area (Å²) >= 11 is 0. The first-order valence-electron chi connectivity index (χ1n) is 10.3. The molecule has 3 rings (SSSR count). The Kier molecular flexibility index (Phi) is 5.92. The van der Waals surface area contributed by atoms with Crippen molar-refractivity contribution in [1.82, 2.24) is 14.7 Å². The van der Waals surface area contributed by atoms with Crippen molar-refractivity contribution in [2.24, 2.45) is 0 Å². The van der Waals surface area contributed by atoms with E-state index in [2.05, 4.69) is 5.10 Å². The van der Waals surface area contributed by atoms with Crippen LogP contribution in [0.2, 0.25) is 0 Å². The molecule has 30 heavy (non-hydrogen) atoms. The van der Waals surface area contributed by atoms with Crippen molar-refractivity contribution in [1.29, 1.82) is 0 Å². The van der Waals surface area contributed by atoms with Gasteiger partial charge in [0.1, 0.15) is 11.2 Å². The summed E-state index contributed by atoms with van der Waals surface area (Å²) in [4.78, 5) is 27.1. The lowest BCUT2D eigenvalue weighted by Crippen LogP contribution is -2.38. The Balaban J connectivity index is 1.95. The van der Waals surface area contributed by atoms with Gasteiger partial charge in [0.05, 0.1) is 11.4 Å². The summed E-state index contributed by atoms with van der Waals surface area (Å²) in [6.07, 6.45) is 0.229. The van der Waals surface area contributed by atoms with Gasteiger partial charge in [0.2, 0.25) is 0 Å². The number of rotatable bonds is 1. The van der Waals surface area contributed by atoms with Gasteiger partial charge in [-0.2, -0.15) is 9.78 Å². The molecule has 0 saturated carbocycles. The Morgan fingerprint density at radius 2 is 1.43 bits per heavy atom. The van der Waals surface area contributed by atoms with Gasteiger partial charge in [0.15, 0.2) is 0 Å². The third-order valence-corrected chi connectivity index (χ3v) is 4.61. The van der Waals surface area contributed by atoms with Crippen molar-refractivity contribution >= 4 is 12.2 Å². The highest BCUT2D eigenvalue weighted by Crippen LogP contribution is 2.29. The highest BCUT2D eigenvalue weighted by Gasteiger charge is 2.31. The summed E-state index contributed by atoms with van der Waals surface area (Å²) in [5.41, 5.74) is 2.26. The Bertz CT molecular complexity index is 920. The zero-order chi connectivity index (χ0) is 22.1. The van der Waals surface area contributed by atoms with Crippen LogP contribution < -0.4 is 0 Å². The van der Waals surface area contributed by atoms with Crippen LogP contribution in [0.3, 0.4) is 0 Å². The number of aromatic nitrogens is 2. The van der Waals surface area contributed by atoms with Crippen LogP contribution >= 0.6 is 0 Å². The van der Waals surface area contributed by atoms with E-state index in [0.29, 0.717) is 25.9 Å². The van der Waals surface area contributed by atoms with Crippen LogP contribution in [0.15, 0.2) is 30.3 Å². The summed E-state index contributed by atoms with van der Waals surface area (Å²) < 4.78 is 12.5. The van der Waals surface area contributed by atoms with Crippen molar-refractivity contribution < 1.29 is 19.1 Å². The third-order valence-electron chi connectivity index (χ3n) is 4.61. The fourth-order valence-corrected chi connectivity index (χ4v) is 3.40. The maximum absolute atomic E-state index is 12.9. The second kappa shape index (κ2) is 8.13. The summed E-state index contributed by atoms with van der Waals surface area (Å²) in [6.45, 7) is 12.0. The number of fused-ring (bicyclic) bond motifs is 1. The molecule has 1 aromatic carbocycles. The fraction of sp³-hybridized carbons (Fsp3) is 0.522. The van der Waals surface area contributed by atoms with E-state index < -0.39 is 17.3 Å². The molecule has 2 aromatic rings. The molecule has 0 fully saturated rings. The average molecular weight is 414 g/mol. The van der Waals surface area contributed by atoms with E-state index in [0.717, 1.165) is 22.5 Å². The van der Waals surface area contributed by atoms with E-state index in [4.69, 9.17) is 9.47 Å². The molecule has 0 bridgehead atoms. The van der Waals surface area contributed by atoms with Crippen molar-refractivity contribution in [3.8, 4) is 11.3 Å². The van der Waals surface area contributed by atoms with Crippen LogP contribution in [0, 0.1) is 0 Å². The van der Waals surface area contributed by atoms with Crippen LogP contribution in [0.25, 0.3) is 11.3 Å². The number of ether oxygens (including phenoxy) is 2. The molecule has 1 aliphatic rings. The summed E-state index contributed by atoms with van der Waals surface area (Å²) in [7, 11) is 0. The first-order valence-corrected chi connectivity index (χ1v) is 10.3. The van der Waals surface area contributed by atoms with Gasteiger partial charge in [-0.15, -0.1) is 0 Å². The highest BCUT2D eigenvalue weighted by atomic mass is 16.6. The smallest absolute Gasteiger partial charge is 0.435 e. The minimum atomic E-state index is -0.629. The van der Waals surface area contributed by atoms with Gasteiger partial charge in [0.25, 0.3) is 0 Å². The zero-order valence-corrected chi connectivity index (χ0v) is 18.7. The minimum Gasteiger partial charge on any atom is -0.444 e. The van der Waals surface area contributed by atoms with Crippen LogP contribution in [-0.2, 0) is 22.3 Å². The van der Waals surface area contributed by atoms with Gasteiger partial charge >= 0.3 is 12.2 Å². The van der Waals surface area contributed by atoms with Crippen LogP contribution in [0.4, 0.5) is 9.59 Å². The molecule has 0 aliphatic carbocycles. The Labute approximate surface area is 178 Å². The lowest BCUT2D eigenvalue weighted by atomic mass is 10.0. The molecule has 1 aromatic heterocycles. The lowest BCUT2D eigenvalue weighted by molar-refractivity contribution is 0.0258. The molecule has 0 atom stereocenters. The van der Waals surface area contributed by atoms with E-state index in [1.165, 1.54) is 4.68 Å². The number of carbonyl (C=O) groups excluding carboxylic acids is 2. The lowest BCUT2D eigenvalue weighted by Gasteiger charge is -2.26. The van der Waals surface area contributed by atoms with Crippen LogP contribution in [0.5, 0.6) is 0 Å². The SMILES string of the molecule is CC(C)(C)OC(=O)N1CCc2c(-c3ccccc3)nn(C(=O)OC(C)(C)C)c2CC1. The Morgan fingerprint density at radius 3 is 2.03 bits per heavy atom. The Hall–Kier alpha value is -2.83. The van der Waals surface area contributed by atoms with Crippen LogP contribution in [0.1, 0.15) is 52.8 Å². The van der Waals surface area contributed by atoms with E-state index in [9.17, 15) is 9.59 Å². The predicted molar refractivity (Wildman–Crippen MR) is 115 cm³/mol. The van der Waals surface area contributed by atoms with E-state index in [-0.39, 0.29) is 6.09 Å². The topological polar surface area (TPSA) is 73.7 Å². The molecule has 7 nitrogen and oxygen atoms in total. The first kappa shape index (κ1) is 21.9. The molecular formula is C23H31N3O4. The number of hydrogen-bond donors (Lipinski definition) is 0. The van der Waals surface area contributed by atoms with Crippen molar-refractivity contribution in [2.45, 2.75) is 65.6 Å². The quantitative estimate of drug-likeness (QED) is 0.679. The van der Waals surface area contributed by atoms with Gasteiger partial charge in [-0.3, -0.25) is 0 Å². The standard InChI is InChI=1S/C23H31N3O4/c1-22(2,3)29-20(27)25-14-12-17-18(13-15-25)26(21(28)30-23(4,5)6)24-19(17)16-10-8-7-9-11-16/h7-11H,12-15H2,1-6H3. The van der Waals surface area contributed by atoms with Crippen molar-refractivity contribution in [3.63, 3.8) is 0 Å². The number of hydrogen-bond acceptors (Lipinski definition) is 5. The number of carbonyl (C=O) groups is 2. The van der Waals surface area contributed by atoms with Crippen molar-refractivity contribution in [2.75, 3.05) is 13.1 Å². The average Bonchev–Trinajstić information content (AvgIpc) is 2.84. The maximum Gasteiger partial charge on any atom is 0.435 e.